The van der Waals surface area contributed by atoms with Crippen molar-refractivity contribution in [1.82, 2.24) is 9.62 Å². The van der Waals surface area contributed by atoms with Crippen LogP contribution in [0.15, 0.2) is 0 Å². The highest BCUT2D eigenvalue weighted by Crippen LogP contribution is 2.28. The summed E-state index contributed by atoms with van der Waals surface area (Å²) in [7, 11) is -3.52. The molecule has 1 N–H and O–H groups in total. The Hall–Kier alpha value is -1.31. The normalized spacial score (nSPS) is 23.0. The Morgan fingerprint density at radius 2 is 1.81 bits per heavy atom. The molecular formula is C13H22N2O5S. The van der Waals surface area contributed by atoms with Crippen molar-refractivity contribution in [3.05, 3.63) is 0 Å². The summed E-state index contributed by atoms with van der Waals surface area (Å²) in [4.78, 5) is 25.3. The van der Waals surface area contributed by atoms with E-state index in [1.54, 1.807) is 20.8 Å². The molecule has 0 aromatic heterocycles. The number of hydrogen-bond acceptors (Lipinski definition) is 5. The summed E-state index contributed by atoms with van der Waals surface area (Å²) >= 11 is 0. The second kappa shape index (κ2) is 5.47. The maximum atomic E-state index is 12.0. The molecule has 7 nitrogen and oxygen atoms in total. The van der Waals surface area contributed by atoms with Gasteiger partial charge in [0.25, 0.3) is 0 Å². The number of sulfonamides is 1. The number of ether oxygens (including phenoxy) is 1. The van der Waals surface area contributed by atoms with Crippen LogP contribution in [0.3, 0.4) is 0 Å². The van der Waals surface area contributed by atoms with Crippen LogP contribution in [0, 0.1) is 5.92 Å². The average molecular weight is 318 g/mol. The lowest BCUT2D eigenvalue weighted by atomic mass is 10.1. The van der Waals surface area contributed by atoms with E-state index in [4.69, 9.17) is 4.74 Å². The van der Waals surface area contributed by atoms with E-state index in [-0.39, 0.29) is 6.54 Å². The number of nitrogens with one attached hydrogen (secondary N) is 1. The number of carbonyl (C=O) groups excluding carboxylic acids is 2. The Balaban J connectivity index is 1.87. The molecule has 2 amide bonds. The molecule has 1 atom stereocenters. The Morgan fingerprint density at radius 1 is 1.19 bits per heavy atom. The zero-order valence-electron chi connectivity index (χ0n) is 12.6. The summed E-state index contributed by atoms with van der Waals surface area (Å²) in [5.74, 6) is -1.01. The minimum absolute atomic E-state index is 0.195. The van der Waals surface area contributed by atoms with Gasteiger partial charge in [-0.3, -0.25) is 9.52 Å². The molecule has 0 aromatic rings. The zero-order valence-corrected chi connectivity index (χ0v) is 13.4. The van der Waals surface area contributed by atoms with Crippen molar-refractivity contribution in [2.24, 2.45) is 5.92 Å². The Labute approximate surface area is 125 Å². The van der Waals surface area contributed by atoms with Crippen LogP contribution >= 0.6 is 0 Å². The SMILES string of the molecule is CC(C)(C)OC(=O)N1CC[C@@H](C(=O)NS(=O)(=O)C2CC2)C1. The third kappa shape index (κ3) is 4.33. The second-order valence-electron chi connectivity index (χ2n) is 6.62. The van der Waals surface area contributed by atoms with E-state index in [0.29, 0.717) is 25.8 Å². The van der Waals surface area contributed by atoms with Gasteiger partial charge in [-0.1, -0.05) is 0 Å². The summed E-state index contributed by atoms with van der Waals surface area (Å²) in [6.45, 7) is 5.91. The molecule has 0 bridgehead atoms. The molecule has 2 aliphatic rings. The molecule has 120 valence electrons. The summed E-state index contributed by atoms with van der Waals surface area (Å²) < 4.78 is 30.8. The molecule has 1 saturated heterocycles. The van der Waals surface area contributed by atoms with Gasteiger partial charge in [0.15, 0.2) is 0 Å². The summed E-state index contributed by atoms with van der Waals surface area (Å²) in [6, 6.07) is 0. The van der Waals surface area contributed by atoms with Gasteiger partial charge in [0, 0.05) is 13.1 Å². The van der Waals surface area contributed by atoms with E-state index < -0.39 is 38.8 Å². The van der Waals surface area contributed by atoms with Gasteiger partial charge in [0.2, 0.25) is 15.9 Å². The van der Waals surface area contributed by atoms with Crippen LogP contribution in [0.4, 0.5) is 4.79 Å². The topological polar surface area (TPSA) is 92.8 Å². The molecule has 0 radical (unpaired) electrons. The Kier molecular flexibility index (Phi) is 4.19. The van der Waals surface area contributed by atoms with E-state index in [9.17, 15) is 18.0 Å². The van der Waals surface area contributed by atoms with Gasteiger partial charge in [-0.25, -0.2) is 13.2 Å². The Morgan fingerprint density at radius 3 is 2.33 bits per heavy atom. The molecule has 1 heterocycles. The summed E-state index contributed by atoms with van der Waals surface area (Å²) in [5.41, 5.74) is -0.591. The third-order valence-corrected chi connectivity index (χ3v) is 5.25. The predicted molar refractivity (Wildman–Crippen MR) is 76.0 cm³/mol. The molecule has 0 unspecified atom stereocenters. The molecule has 1 aliphatic heterocycles. The smallest absolute Gasteiger partial charge is 0.410 e. The number of amides is 2. The van der Waals surface area contributed by atoms with Crippen molar-refractivity contribution < 1.29 is 22.7 Å². The maximum Gasteiger partial charge on any atom is 0.410 e. The lowest BCUT2D eigenvalue weighted by Gasteiger charge is -2.24. The van der Waals surface area contributed by atoms with E-state index in [0.717, 1.165) is 0 Å². The van der Waals surface area contributed by atoms with Crippen LogP contribution in [-0.4, -0.2) is 49.3 Å². The molecule has 1 saturated carbocycles. The summed E-state index contributed by atoms with van der Waals surface area (Å²) in [6.07, 6.45) is 1.20. The lowest BCUT2D eigenvalue weighted by molar-refractivity contribution is -0.122. The number of likely N-dealkylation sites (tertiary alicyclic amines) is 1. The Bertz CT molecular complexity index is 533. The highest BCUT2D eigenvalue weighted by atomic mass is 32.2. The van der Waals surface area contributed by atoms with E-state index >= 15 is 0 Å². The minimum Gasteiger partial charge on any atom is -0.444 e. The van der Waals surface area contributed by atoms with Crippen molar-refractivity contribution >= 4 is 22.0 Å². The maximum absolute atomic E-state index is 12.0. The molecule has 2 fully saturated rings. The van der Waals surface area contributed by atoms with Crippen molar-refractivity contribution in [2.75, 3.05) is 13.1 Å². The van der Waals surface area contributed by atoms with Gasteiger partial charge >= 0.3 is 6.09 Å². The molecule has 2 rings (SSSR count). The van der Waals surface area contributed by atoms with Crippen LogP contribution in [0.5, 0.6) is 0 Å². The molecule has 0 spiro atoms. The van der Waals surface area contributed by atoms with Crippen LogP contribution in [0.1, 0.15) is 40.0 Å². The monoisotopic (exact) mass is 318 g/mol. The van der Waals surface area contributed by atoms with Gasteiger partial charge in [0.1, 0.15) is 5.60 Å². The first-order valence-electron chi connectivity index (χ1n) is 7.12. The minimum atomic E-state index is -3.52. The largest absolute Gasteiger partial charge is 0.444 e. The highest BCUT2D eigenvalue weighted by molar-refractivity contribution is 7.90. The third-order valence-electron chi connectivity index (χ3n) is 3.42. The fourth-order valence-electron chi connectivity index (χ4n) is 2.15. The van der Waals surface area contributed by atoms with Crippen LogP contribution in [0.25, 0.3) is 0 Å². The van der Waals surface area contributed by atoms with Crippen molar-refractivity contribution in [3.8, 4) is 0 Å². The van der Waals surface area contributed by atoms with E-state index in [1.807, 2.05) is 0 Å². The van der Waals surface area contributed by atoms with Gasteiger partial charge < -0.3 is 9.64 Å². The van der Waals surface area contributed by atoms with E-state index in [2.05, 4.69) is 4.72 Å². The molecular weight excluding hydrogens is 296 g/mol. The lowest BCUT2D eigenvalue weighted by Crippen LogP contribution is -2.40. The fourth-order valence-corrected chi connectivity index (χ4v) is 3.52. The van der Waals surface area contributed by atoms with Crippen molar-refractivity contribution in [3.63, 3.8) is 0 Å². The van der Waals surface area contributed by atoms with Crippen molar-refractivity contribution in [1.29, 1.82) is 0 Å². The number of nitrogens with zero attached hydrogens (tertiary/aromatic N) is 1. The first-order valence-corrected chi connectivity index (χ1v) is 8.66. The standard InChI is InChI=1S/C13H22N2O5S/c1-13(2,3)20-12(17)15-7-6-9(8-15)11(16)14-21(18,19)10-4-5-10/h9-10H,4-8H2,1-3H3,(H,14,16)/t9-/m1/s1. The number of hydrogen-bond donors (Lipinski definition) is 1. The van der Waals surface area contributed by atoms with Crippen LogP contribution in [-0.2, 0) is 19.6 Å². The first kappa shape index (κ1) is 16.1. The molecule has 8 heteroatoms. The molecule has 1 aliphatic carbocycles. The van der Waals surface area contributed by atoms with Gasteiger partial charge in [0.05, 0.1) is 11.2 Å². The predicted octanol–water partition coefficient (Wildman–Crippen LogP) is 0.852. The molecule has 0 aromatic carbocycles. The van der Waals surface area contributed by atoms with Crippen molar-refractivity contribution in [2.45, 2.75) is 50.9 Å². The van der Waals surface area contributed by atoms with Crippen LogP contribution < -0.4 is 4.72 Å². The van der Waals surface area contributed by atoms with Gasteiger partial charge in [-0.15, -0.1) is 0 Å². The fraction of sp³-hybridized carbons (Fsp3) is 0.846. The van der Waals surface area contributed by atoms with Crippen LogP contribution in [0.2, 0.25) is 0 Å². The second-order valence-corrected chi connectivity index (χ2v) is 8.58. The van der Waals surface area contributed by atoms with E-state index in [1.165, 1.54) is 4.90 Å². The highest BCUT2D eigenvalue weighted by Gasteiger charge is 2.40. The molecule has 21 heavy (non-hydrogen) atoms. The number of carbonyl (C=O) groups is 2. The zero-order chi connectivity index (χ0) is 15.8. The summed E-state index contributed by atoms with van der Waals surface area (Å²) in [5, 5.41) is -0.426. The average Bonchev–Trinajstić information content (AvgIpc) is 3.04. The van der Waals surface area contributed by atoms with Gasteiger partial charge in [-0.2, -0.15) is 0 Å². The quantitative estimate of drug-likeness (QED) is 0.833. The number of rotatable bonds is 3. The first-order chi connectivity index (χ1) is 9.58. The van der Waals surface area contributed by atoms with Gasteiger partial charge in [-0.05, 0) is 40.0 Å².